The van der Waals surface area contributed by atoms with Gasteiger partial charge in [-0.3, -0.25) is 14.5 Å². The summed E-state index contributed by atoms with van der Waals surface area (Å²) in [7, 11) is 0. The number of nitrogens with zero attached hydrogens (tertiary/aromatic N) is 2. The smallest absolute Gasteiger partial charge is 0.300 e. The van der Waals surface area contributed by atoms with Crippen LogP contribution in [-0.2, 0) is 16.0 Å². The normalized spacial score (nSPS) is 18.5. The molecule has 0 saturated carbocycles. The number of ketones is 1. The highest BCUT2D eigenvalue weighted by Crippen LogP contribution is 2.43. The Morgan fingerprint density at radius 3 is 2.49 bits per heavy atom. The molecule has 0 radical (unpaired) electrons. The SMILES string of the molecule is CCN(CC)c1ccc(C2/C(=C(/O)c3ccc4c(c3)CCCO4)C(=O)C(=O)N2c2cccc(C)c2)cc1. The Hall–Kier alpha value is -4.06. The second-order valence-electron chi connectivity index (χ2n) is 9.55. The molecule has 2 aliphatic rings. The number of amides is 1. The Morgan fingerprint density at radius 1 is 1.03 bits per heavy atom. The van der Waals surface area contributed by atoms with Crippen LogP contribution in [0.1, 0.15) is 48.6 Å². The zero-order chi connectivity index (χ0) is 26.1. The first kappa shape index (κ1) is 24.6. The summed E-state index contributed by atoms with van der Waals surface area (Å²) in [6.45, 7) is 8.58. The standard InChI is InChI=1S/C31H32N2O4/c1-4-32(5-2)24-14-11-21(12-15-24)28-27(29(34)23-13-16-26-22(19-23)9-7-17-37-26)30(35)31(36)33(28)25-10-6-8-20(3)18-25/h6,8,10-16,18-19,28,34H,4-5,7,9,17H2,1-3H3/b29-27-. The van der Waals surface area contributed by atoms with Crippen LogP contribution in [0, 0.1) is 6.92 Å². The van der Waals surface area contributed by atoms with Crippen LogP contribution in [0.2, 0.25) is 0 Å². The van der Waals surface area contributed by atoms with Gasteiger partial charge in [-0.15, -0.1) is 0 Å². The van der Waals surface area contributed by atoms with Crippen molar-refractivity contribution in [3.63, 3.8) is 0 Å². The Kier molecular flexibility index (Phi) is 6.74. The lowest BCUT2D eigenvalue weighted by Crippen LogP contribution is -2.29. The molecule has 1 fully saturated rings. The van der Waals surface area contributed by atoms with Crippen LogP contribution >= 0.6 is 0 Å². The number of carbonyl (C=O) groups excluding carboxylic acids is 2. The van der Waals surface area contributed by atoms with E-state index in [0.717, 1.165) is 54.1 Å². The number of carbonyl (C=O) groups is 2. The Labute approximate surface area is 217 Å². The van der Waals surface area contributed by atoms with E-state index in [-0.39, 0.29) is 11.3 Å². The number of Topliss-reactive ketones (excluding diaryl/α,β-unsaturated/α-hetero) is 1. The van der Waals surface area contributed by atoms with Gasteiger partial charge in [0.05, 0.1) is 18.2 Å². The monoisotopic (exact) mass is 496 g/mol. The molecule has 2 aliphatic heterocycles. The molecule has 1 atom stereocenters. The van der Waals surface area contributed by atoms with E-state index in [1.54, 1.807) is 6.07 Å². The molecule has 1 N–H and O–H groups in total. The van der Waals surface area contributed by atoms with Crippen molar-refractivity contribution in [2.75, 3.05) is 29.5 Å². The van der Waals surface area contributed by atoms with E-state index >= 15 is 0 Å². The summed E-state index contributed by atoms with van der Waals surface area (Å²) in [5.74, 6) is -0.705. The molecule has 0 bridgehead atoms. The first-order valence-electron chi connectivity index (χ1n) is 12.9. The van der Waals surface area contributed by atoms with Crippen LogP contribution in [0.25, 0.3) is 5.76 Å². The first-order valence-corrected chi connectivity index (χ1v) is 12.9. The van der Waals surface area contributed by atoms with Gasteiger partial charge in [0.15, 0.2) is 0 Å². The van der Waals surface area contributed by atoms with Gasteiger partial charge >= 0.3 is 0 Å². The third kappa shape index (κ3) is 4.48. The summed E-state index contributed by atoms with van der Waals surface area (Å²) in [4.78, 5) is 30.7. The molecule has 0 spiro atoms. The third-order valence-corrected chi connectivity index (χ3v) is 7.24. The number of benzene rings is 3. The fourth-order valence-electron chi connectivity index (χ4n) is 5.31. The fraction of sp³-hybridized carbons (Fsp3) is 0.290. The number of aliphatic hydroxyl groups is 1. The molecule has 0 aromatic heterocycles. The molecule has 3 aromatic carbocycles. The molecular weight excluding hydrogens is 464 g/mol. The topological polar surface area (TPSA) is 70.1 Å². The molecule has 1 unspecified atom stereocenters. The zero-order valence-corrected chi connectivity index (χ0v) is 21.5. The lowest BCUT2D eigenvalue weighted by molar-refractivity contribution is -0.132. The van der Waals surface area contributed by atoms with Crippen LogP contribution in [0.5, 0.6) is 5.75 Å². The van der Waals surface area contributed by atoms with E-state index in [4.69, 9.17) is 4.74 Å². The lowest BCUT2D eigenvalue weighted by Gasteiger charge is -2.27. The van der Waals surface area contributed by atoms with Crippen molar-refractivity contribution in [3.8, 4) is 5.75 Å². The van der Waals surface area contributed by atoms with Gasteiger partial charge < -0.3 is 14.7 Å². The molecule has 37 heavy (non-hydrogen) atoms. The number of fused-ring (bicyclic) bond motifs is 1. The molecule has 1 amide bonds. The van der Waals surface area contributed by atoms with Crippen molar-refractivity contribution in [1.29, 1.82) is 0 Å². The van der Waals surface area contributed by atoms with Crippen molar-refractivity contribution in [2.24, 2.45) is 0 Å². The number of anilines is 2. The summed E-state index contributed by atoms with van der Waals surface area (Å²) in [6, 6.07) is 20.1. The van der Waals surface area contributed by atoms with Gasteiger partial charge in [0.1, 0.15) is 11.5 Å². The number of hydrogen-bond acceptors (Lipinski definition) is 5. The van der Waals surface area contributed by atoms with E-state index in [9.17, 15) is 14.7 Å². The van der Waals surface area contributed by atoms with Gasteiger partial charge in [-0.2, -0.15) is 0 Å². The maximum Gasteiger partial charge on any atom is 0.300 e. The first-order chi connectivity index (χ1) is 17.9. The third-order valence-electron chi connectivity index (χ3n) is 7.24. The second kappa shape index (κ2) is 10.1. The number of aliphatic hydroxyl groups excluding tert-OH is 1. The van der Waals surface area contributed by atoms with Crippen LogP contribution in [0.3, 0.4) is 0 Å². The average Bonchev–Trinajstić information content (AvgIpc) is 3.19. The summed E-state index contributed by atoms with van der Waals surface area (Å²) in [6.07, 6.45) is 1.73. The van der Waals surface area contributed by atoms with E-state index in [2.05, 4.69) is 18.7 Å². The molecule has 2 heterocycles. The van der Waals surface area contributed by atoms with Crippen LogP contribution in [0.15, 0.2) is 72.3 Å². The Bertz CT molecular complexity index is 1370. The fourth-order valence-corrected chi connectivity index (χ4v) is 5.31. The predicted octanol–water partition coefficient (Wildman–Crippen LogP) is 5.79. The summed E-state index contributed by atoms with van der Waals surface area (Å²) in [5, 5.41) is 11.5. The molecule has 6 nitrogen and oxygen atoms in total. The minimum absolute atomic E-state index is 0.0961. The van der Waals surface area contributed by atoms with Crippen molar-refractivity contribution < 1.29 is 19.4 Å². The Balaban J connectivity index is 1.66. The highest BCUT2D eigenvalue weighted by Gasteiger charge is 2.47. The summed E-state index contributed by atoms with van der Waals surface area (Å²) >= 11 is 0. The average molecular weight is 497 g/mol. The van der Waals surface area contributed by atoms with Gasteiger partial charge in [0, 0.05) is 30.0 Å². The van der Waals surface area contributed by atoms with Gasteiger partial charge in [-0.1, -0.05) is 24.3 Å². The van der Waals surface area contributed by atoms with Gasteiger partial charge in [0.25, 0.3) is 11.7 Å². The van der Waals surface area contributed by atoms with Gasteiger partial charge in [-0.05, 0) is 92.8 Å². The van der Waals surface area contributed by atoms with Crippen molar-refractivity contribution in [2.45, 2.75) is 39.7 Å². The van der Waals surface area contributed by atoms with Crippen molar-refractivity contribution in [3.05, 3.63) is 94.6 Å². The minimum Gasteiger partial charge on any atom is -0.507 e. The highest BCUT2D eigenvalue weighted by molar-refractivity contribution is 6.51. The number of ether oxygens (including phenoxy) is 1. The van der Waals surface area contributed by atoms with E-state index < -0.39 is 17.7 Å². The number of hydrogen-bond donors (Lipinski definition) is 1. The van der Waals surface area contributed by atoms with E-state index in [0.29, 0.717) is 17.9 Å². The highest BCUT2D eigenvalue weighted by atomic mass is 16.5. The quantitative estimate of drug-likeness (QED) is 0.266. The van der Waals surface area contributed by atoms with Gasteiger partial charge in [0.2, 0.25) is 0 Å². The molecule has 1 saturated heterocycles. The van der Waals surface area contributed by atoms with Crippen LogP contribution in [0.4, 0.5) is 11.4 Å². The second-order valence-corrected chi connectivity index (χ2v) is 9.55. The molecule has 5 rings (SSSR count). The molecular formula is C31H32N2O4. The molecule has 3 aromatic rings. The Morgan fingerprint density at radius 2 is 1.78 bits per heavy atom. The minimum atomic E-state index is -0.750. The zero-order valence-electron chi connectivity index (χ0n) is 21.5. The van der Waals surface area contributed by atoms with Crippen LogP contribution in [-0.4, -0.2) is 36.5 Å². The van der Waals surface area contributed by atoms with Crippen molar-refractivity contribution >= 4 is 28.8 Å². The van der Waals surface area contributed by atoms with Crippen molar-refractivity contribution in [1.82, 2.24) is 0 Å². The molecule has 190 valence electrons. The van der Waals surface area contributed by atoms with Gasteiger partial charge in [-0.25, -0.2) is 0 Å². The summed E-state index contributed by atoms with van der Waals surface area (Å²) < 4.78 is 5.72. The summed E-state index contributed by atoms with van der Waals surface area (Å²) in [5.41, 5.74) is 5.02. The molecule has 0 aliphatic carbocycles. The van der Waals surface area contributed by atoms with E-state index in [1.165, 1.54) is 4.90 Å². The number of rotatable bonds is 6. The number of aryl methyl sites for hydroxylation is 2. The lowest BCUT2D eigenvalue weighted by atomic mass is 9.93. The largest absolute Gasteiger partial charge is 0.507 e. The molecule has 6 heteroatoms. The maximum atomic E-state index is 13.5. The van der Waals surface area contributed by atoms with Crippen LogP contribution < -0.4 is 14.5 Å². The van der Waals surface area contributed by atoms with E-state index in [1.807, 2.05) is 67.6 Å². The maximum absolute atomic E-state index is 13.5. The predicted molar refractivity (Wildman–Crippen MR) is 146 cm³/mol.